The van der Waals surface area contributed by atoms with Gasteiger partial charge in [0.1, 0.15) is 0 Å². The molecule has 0 aliphatic heterocycles. The summed E-state index contributed by atoms with van der Waals surface area (Å²) in [4.78, 5) is 22.0. The smallest absolute Gasteiger partial charge is 0.233 e. The molecule has 6 nitrogen and oxygen atoms in total. The molecule has 3 rings (SSSR count). The molecular weight excluding hydrogens is 501 g/mol. The molecule has 33 heavy (non-hydrogen) atoms. The number of likely N-dealkylation sites (N-methyl/N-ethyl adjacent to an activating group) is 1. The monoisotopic (exact) mass is 529 g/mol. The van der Waals surface area contributed by atoms with Crippen LogP contribution in [0, 0.1) is 6.92 Å². The Kier molecular flexibility index (Phi) is 9.30. The molecule has 0 saturated carbocycles. The van der Waals surface area contributed by atoms with Gasteiger partial charge in [-0.1, -0.05) is 41.1 Å². The number of aryl methyl sites for hydroxylation is 1. The van der Waals surface area contributed by atoms with Crippen LogP contribution < -0.4 is 4.90 Å². The molecule has 1 amide bonds. The Bertz CT molecular complexity index is 1180. The van der Waals surface area contributed by atoms with E-state index in [0.717, 1.165) is 21.3 Å². The van der Waals surface area contributed by atoms with Crippen LogP contribution in [0.1, 0.15) is 25.0 Å². The zero-order valence-electron chi connectivity index (χ0n) is 19.3. The molecule has 0 unspecified atom stereocenters. The molecule has 0 atom stereocenters. The Morgan fingerprint density at radius 2 is 1.73 bits per heavy atom. The average Bonchev–Trinajstić information content (AvgIpc) is 3.17. The number of halogens is 2. The Labute approximate surface area is 210 Å². The highest BCUT2D eigenvalue weighted by atomic mass is 35.5. The molecule has 0 fully saturated rings. The Hall–Kier alpha value is -1.71. The van der Waals surface area contributed by atoms with Crippen LogP contribution in [-0.2, 0) is 21.1 Å². The van der Waals surface area contributed by atoms with Gasteiger partial charge in [0.05, 0.1) is 31.8 Å². The summed E-state index contributed by atoms with van der Waals surface area (Å²) in [5.74, 6) is -0.0980. The number of fused-ring (bicyclic) bond motifs is 1. The fourth-order valence-electron chi connectivity index (χ4n) is 3.17. The first-order valence-electron chi connectivity index (χ1n) is 10.3. The normalized spacial score (nSPS) is 11.8. The van der Waals surface area contributed by atoms with Gasteiger partial charge in [0.25, 0.3) is 0 Å². The van der Waals surface area contributed by atoms with Gasteiger partial charge in [-0.2, -0.15) is 0 Å². The maximum atomic E-state index is 13.3. The van der Waals surface area contributed by atoms with Crippen molar-refractivity contribution in [2.45, 2.75) is 37.3 Å². The van der Waals surface area contributed by atoms with E-state index in [0.29, 0.717) is 23.2 Å². The Morgan fingerprint density at radius 3 is 2.27 bits per heavy atom. The van der Waals surface area contributed by atoms with E-state index < -0.39 is 15.1 Å². The van der Waals surface area contributed by atoms with Crippen LogP contribution >= 0.6 is 35.3 Å². The van der Waals surface area contributed by atoms with E-state index in [-0.39, 0.29) is 29.6 Å². The van der Waals surface area contributed by atoms with Crippen LogP contribution in [-0.4, -0.2) is 56.6 Å². The fraction of sp³-hybridized carbons (Fsp3) is 0.391. The molecule has 0 bridgehead atoms. The minimum atomic E-state index is -3.34. The predicted octanol–water partition coefficient (Wildman–Crippen LogP) is 5.00. The summed E-state index contributed by atoms with van der Waals surface area (Å²) >= 11 is 7.78. The first-order valence-corrected chi connectivity index (χ1v) is 13.1. The van der Waals surface area contributed by atoms with Crippen LogP contribution in [0.3, 0.4) is 0 Å². The summed E-state index contributed by atoms with van der Waals surface area (Å²) < 4.78 is 25.6. The number of hydrogen-bond acceptors (Lipinski definition) is 6. The number of aromatic nitrogens is 1. The number of rotatable bonds is 8. The van der Waals surface area contributed by atoms with E-state index in [1.54, 1.807) is 43.0 Å². The van der Waals surface area contributed by atoms with Crippen LogP contribution in [0.5, 0.6) is 0 Å². The number of carbonyl (C=O) groups is 1. The van der Waals surface area contributed by atoms with Gasteiger partial charge in [-0.25, -0.2) is 13.4 Å². The molecule has 1 heterocycles. The van der Waals surface area contributed by atoms with Crippen molar-refractivity contribution in [1.82, 2.24) is 9.88 Å². The molecule has 2 aromatic carbocycles. The van der Waals surface area contributed by atoms with Gasteiger partial charge >= 0.3 is 0 Å². The molecule has 0 aliphatic rings. The summed E-state index contributed by atoms with van der Waals surface area (Å²) in [5, 5.41) is 0.740. The molecule has 3 aromatic rings. The average molecular weight is 531 g/mol. The molecular formula is C23H29Cl2N3O3S2. The summed E-state index contributed by atoms with van der Waals surface area (Å²) in [7, 11) is 0.564. The second-order valence-corrected chi connectivity index (χ2v) is 12.2. The van der Waals surface area contributed by atoms with Crippen molar-refractivity contribution in [2.75, 3.05) is 32.1 Å². The van der Waals surface area contributed by atoms with E-state index >= 15 is 0 Å². The number of sulfone groups is 1. The van der Waals surface area contributed by atoms with E-state index in [1.165, 1.54) is 11.3 Å². The molecule has 0 radical (unpaired) electrons. The lowest BCUT2D eigenvalue weighted by Crippen LogP contribution is -2.37. The van der Waals surface area contributed by atoms with Crippen molar-refractivity contribution in [3.05, 3.63) is 52.5 Å². The summed E-state index contributed by atoms with van der Waals surface area (Å²) in [6.45, 7) is 6.45. The van der Waals surface area contributed by atoms with E-state index in [9.17, 15) is 13.2 Å². The number of carbonyl (C=O) groups excluding carboxylic acids is 1. The first-order chi connectivity index (χ1) is 15.0. The van der Waals surface area contributed by atoms with E-state index in [1.807, 2.05) is 38.1 Å². The van der Waals surface area contributed by atoms with Gasteiger partial charge in [-0.15, -0.1) is 12.4 Å². The highest BCUT2D eigenvalue weighted by Crippen LogP contribution is 2.35. The topological polar surface area (TPSA) is 70.6 Å². The molecule has 1 aromatic heterocycles. The number of hydrogen-bond donors (Lipinski definition) is 0. The van der Waals surface area contributed by atoms with Crippen LogP contribution in [0.15, 0.2) is 41.3 Å². The summed E-state index contributed by atoms with van der Waals surface area (Å²) in [5.41, 5.74) is 2.57. The second kappa shape index (κ2) is 11.1. The van der Waals surface area contributed by atoms with Crippen LogP contribution in [0.25, 0.3) is 10.2 Å². The standard InChI is InChI=1S/C23H28ClN3O3S2.ClH/c1-15(2)32(29,30)18-9-7-17(8-10-18)14-20(28)27(13-12-26(4)5)23-25-21-16(3)6-11-19(24)22(21)31-23;/h6-11,15H,12-14H2,1-5H3;1H. The molecule has 0 N–H and O–H groups in total. The predicted molar refractivity (Wildman–Crippen MR) is 140 cm³/mol. The molecule has 0 spiro atoms. The second-order valence-electron chi connectivity index (χ2n) is 8.30. The quantitative estimate of drug-likeness (QED) is 0.410. The molecule has 0 aliphatic carbocycles. The van der Waals surface area contributed by atoms with E-state index in [2.05, 4.69) is 0 Å². The van der Waals surface area contributed by atoms with Crippen molar-refractivity contribution in [3.63, 3.8) is 0 Å². The van der Waals surface area contributed by atoms with Gasteiger partial charge in [0, 0.05) is 13.1 Å². The molecule has 0 saturated heterocycles. The number of amides is 1. The number of anilines is 1. The minimum absolute atomic E-state index is 0. The van der Waals surface area contributed by atoms with Gasteiger partial charge in [-0.3, -0.25) is 9.69 Å². The third kappa shape index (κ3) is 6.25. The fourth-order valence-corrected chi connectivity index (χ4v) is 5.59. The van der Waals surface area contributed by atoms with Gasteiger partial charge in [0.2, 0.25) is 5.91 Å². The van der Waals surface area contributed by atoms with Crippen LogP contribution in [0.2, 0.25) is 5.02 Å². The van der Waals surface area contributed by atoms with Crippen molar-refractivity contribution in [3.8, 4) is 0 Å². The highest BCUT2D eigenvalue weighted by molar-refractivity contribution is 7.92. The van der Waals surface area contributed by atoms with Crippen LogP contribution in [0.4, 0.5) is 5.13 Å². The lowest BCUT2D eigenvalue weighted by Gasteiger charge is -2.22. The molecule has 10 heteroatoms. The van der Waals surface area contributed by atoms with Crippen molar-refractivity contribution >= 4 is 66.4 Å². The third-order valence-corrected chi connectivity index (χ3v) is 8.93. The Morgan fingerprint density at radius 1 is 1.09 bits per heavy atom. The zero-order chi connectivity index (χ0) is 23.6. The zero-order valence-corrected chi connectivity index (χ0v) is 22.5. The van der Waals surface area contributed by atoms with Crippen molar-refractivity contribution < 1.29 is 13.2 Å². The minimum Gasteiger partial charge on any atom is -0.308 e. The van der Waals surface area contributed by atoms with Crippen molar-refractivity contribution in [1.29, 1.82) is 0 Å². The lowest BCUT2D eigenvalue weighted by atomic mass is 10.1. The number of benzene rings is 2. The number of thiazole rings is 1. The number of nitrogens with zero attached hydrogens (tertiary/aromatic N) is 3. The summed E-state index contributed by atoms with van der Waals surface area (Å²) in [6.07, 6.45) is 0.151. The van der Waals surface area contributed by atoms with Gasteiger partial charge < -0.3 is 4.90 Å². The lowest BCUT2D eigenvalue weighted by molar-refractivity contribution is -0.118. The maximum absolute atomic E-state index is 13.3. The Balaban J connectivity index is 0.00000385. The SMILES string of the molecule is Cc1ccc(Cl)c2sc(N(CCN(C)C)C(=O)Cc3ccc(S(=O)(=O)C(C)C)cc3)nc12.Cl. The van der Waals surface area contributed by atoms with Gasteiger partial charge in [-0.05, 0) is 64.2 Å². The maximum Gasteiger partial charge on any atom is 0.233 e. The van der Waals surface area contributed by atoms with Gasteiger partial charge in [0.15, 0.2) is 15.0 Å². The largest absolute Gasteiger partial charge is 0.308 e. The third-order valence-electron chi connectivity index (χ3n) is 5.22. The first kappa shape index (κ1) is 27.5. The highest BCUT2D eigenvalue weighted by Gasteiger charge is 2.23. The van der Waals surface area contributed by atoms with E-state index in [4.69, 9.17) is 16.6 Å². The molecule has 180 valence electrons. The van der Waals surface area contributed by atoms with Crippen molar-refractivity contribution in [2.24, 2.45) is 0 Å². The summed E-state index contributed by atoms with van der Waals surface area (Å²) in [6, 6.07) is 10.3.